The van der Waals surface area contributed by atoms with Crippen LogP contribution in [-0.4, -0.2) is 28.0 Å². The monoisotopic (exact) mass is 345 g/mol. The second-order valence-corrected chi connectivity index (χ2v) is 8.14. The van der Waals surface area contributed by atoms with Crippen LogP contribution in [0.3, 0.4) is 0 Å². The SMILES string of the molecule is C[C@H]1C[C@H]1c1ccc(CN(C)C(=O)CCc2nc(C(C)(C)C)no2)o1. The van der Waals surface area contributed by atoms with Gasteiger partial charge in [-0.15, -0.1) is 0 Å². The summed E-state index contributed by atoms with van der Waals surface area (Å²) in [5, 5.41) is 3.98. The van der Waals surface area contributed by atoms with Crippen LogP contribution in [0, 0.1) is 5.92 Å². The van der Waals surface area contributed by atoms with Gasteiger partial charge in [0.15, 0.2) is 5.82 Å². The van der Waals surface area contributed by atoms with Crippen molar-refractivity contribution in [2.75, 3.05) is 7.05 Å². The summed E-state index contributed by atoms with van der Waals surface area (Å²) in [6.07, 6.45) is 1.99. The minimum absolute atomic E-state index is 0.0354. The van der Waals surface area contributed by atoms with Gasteiger partial charge in [0.05, 0.1) is 6.54 Å². The molecule has 2 aromatic heterocycles. The zero-order valence-corrected chi connectivity index (χ0v) is 15.7. The summed E-state index contributed by atoms with van der Waals surface area (Å²) < 4.78 is 11.1. The third kappa shape index (κ3) is 4.30. The molecule has 1 aliphatic carbocycles. The van der Waals surface area contributed by atoms with Crippen molar-refractivity contribution in [3.8, 4) is 0 Å². The van der Waals surface area contributed by atoms with Gasteiger partial charge in [0, 0.05) is 31.2 Å². The molecule has 0 aromatic carbocycles. The molecule has 0 bridgehead atoms. The van der Waals surface area contributed by atoms with Crippen LogP contribution in [0.25, 0.3) is 0 Å². The van der Waals surface area contributed by atoms with E-state index in [1.165, 1.54) is 6.42 Å². The maximum atomic E-state index is 12.3. The van der Waals surface area contributed by atoms with Gasteiger partial charge in [-0.3, -0.25) is 4.79 Å². The van der Waals surface area contributed by atoms with Crippen LogP contribution in [0.2, 0.25) is 0 Å². The van der Waals surface area contributed by atoms with Gasteiger partial charge in [-0.1, -0.05) is 32.9 Å². The van der Waals surface area contributed by atoms with Gasteiger partial charge < -0.3 is 13.8 Å². The number of rotatable bonds is 6. The van der Waals surface area contributed by atoms with E-state index in [1.807, 2.05) is 32.9 Å². The summed E-state index contributed by atoms with van der Waals surface area (Å²) in [6.45, 7) is 8.80. The number of nitrogens with zero attached hydrogens (tertiary/aromatic N) is 3. The lowest BCUT2D eigenvalue weighted by atomic mass is 9.96. The molecule has 1 saturated carbocycles. The van der Waals surface area contributed by atoms with Crippen molar-refractivity contribution < 1.29 is 13.7 Å². The van der Waals surface area contributed by atoms with Crippen molar-refractivity contribution in [2.24, 2.45) is 5.92 Å². The fourth-order valence-corrected chi connectivity index (χ4v) is 2.79. The van der Waals surface area contributed by atoms with Crippen LogP contribution in [0.15, 0.2) is 21.1 Å². The topological polar surface area (TPSA) is 72.4 Å². The summed E-state index contributed by atoms with van der Waals surface area (Å²) in [5.41, 5.74) is -0.154. The van der Waals surface area contributed by atoms with Crippen LogP contribution in [-0.2, 0) is 23.2 Å². The zero-order valence-electron chi connectivity index (χ0n) is 15.7. The normalized spacial score (nSPS) is 19.9. The van der Waals surface area contributed by atoms with Crippen molar-refractivity contribution in [3.05, 3.63) is 35.4 Å². The van der Waals surface area contributed by atoms with Crippen molar-refractivity contribution in [1.29, 1.82) is 0 Å². The molecule has 0 N–H and O–H groups in total. The lowest BCUT2D eigenvalue weighted by molar-refractivity contribution is -0.130. The van der Waals surface area contributed by atoms with E-state index in [0.29, 0.717) is 42.9 Å². The van der Waals surface area contributed by atoms with Gasteiger partial charge >= 0.3 is 0 Å². The average Bonchev–Trinajstić information content (AvgIpc) is 2.95. The Balaban J connectivity index is 1.49. The van der Waals surface area contributed by atoms with E-state index < -0.39 is 0 Å². The van der Waals surface area contributed by atoms with E-state index in [4.69, 9.17) is 8.94 Å². The predicted molar refractivity (Wildman–Crippen MR) is 93.0 cm³/mol. The number of aryl methyl sites for hydroxylation is 1. The molecule has 0 aliphatic heterocycles. The van der Waals surface area contributed by atoms with Crippen LogP contribution in [0.1, 0.15) is 69.7 Å². The van der Waals surface area contributed by atoms with E-state index in [0.717, 1.165) is 11.5 Å². The van der Waals surface area contributed by atoms with Gasteiger partial charge in [0.2, 0.25) is 11.8 Å². The highest BCUT2D eigenvalue weighted by molar-refractivity contribution is 5.75. The molecule has 2 atom stereocenters. The smallest absolute Gasteiger partial charge is 0.227 e. The molecule has 6 nitrogen and oxygen atoms in total. The molecule has 1 fully saturated rings. The maximum Gasteiger partial charge on any atom is 0.227 e. The molecule has 3 rings (SSSR count). The molecular weight excluding hydrogens is 318 g/mol. The van der Waals surface area contributed by atoms with Gasteiger partial charge in [0.1, 0.15) is 11.5 Å². The average molecular weight is 345 g/mol. The Kier molecular flexibility index (Phi) is 4.71. The van der Waals surface area contributed by atoms with Gasteiger partial charge in [0.25, 0.3) is 0 Å². The quantitative estimate of drug-likeness (QED) is 0.798. The van der Waals surface area contributed by atoms with Gasteiger partial charge in [-0.2, -0.15) is 4.98 Å². The number of aromatic nitrogens is 2. The predicted octanol–water partition coefficient (Wildman–Crippen LogP) is 3.67. The molecule has 0 radical (unpaired) electrons. The van der Waals surface area contributed by atoms with Crippen LogP contribution in [0.4, 0.5) is 0 Å². The second-order valence-electron chi connectivity index (χ2n) is 8.14. The largest absolute Gasteiger partial charge is 0.464 e. The molecule has 1 aliphatic rings. The van der Waals surface area contributed by atoms with Crippen LogP contribution < -0.4 is 0 Å². The molecular formula is C19H27N3O3. The van der Waals surface area contributed by atoms with E-state index in [2.05, 4.69) is 17.1 Å². The third-order valence-corrected chi connectivity index (χ3v) is 4.67. The fourth-order valence-electron chi connectivity index (χ4n) is 2.79. The van der Waals surface area contributed by atoms with Gasteiger partial charge in [-0.05, 0) is 24.5 Å². The number of amides is 1. The zero-order chi connectivity index (χ0) is 18.2. The summed E-state index contributed by atoms with van der Waals surface area (Å²) in [4.78, 5) is 18.4. The molecule has 0 unspecified atom stereocenters. The molecule has 25 heavy (non-hydrogen) atoms. The molecule has 136 valence electrons. The number of furan rings is 1. The lowest BCUT2D eigenvalue weighted by Gasteiger charge is -2.15. The van der Waals surface area contributed by atoms with E-state index in [-0.39, 0.29) is 11.3 Å². The summed E-state index contributed by atoms with van der Waals surface area (Å²) >= 11 is 0. The first-order valence-corrected chi connectivity index (χ1v) is 8.89. The van der Waals surface area contributed by atoms with Crippen molar-refractivity contribution in [3.63, 3.8) is 0 Å². The fraction of sp³-hybridized carbons (Fsp3) is 0.632. The van der Waals surface area contributed by atoms with Crippen molar-refractivity contribution in [1.82, 2.24) is 15.0 Å². The minimum Gasteiger partial charge on any atom is -0.464 e. The summed E-state index contributed by atoms with van der Waals surface area (Å²) in [7, 11) is 1.79. The van der Waals surface area contributed by atoms with E-state index >= 15 is 0 Å². The van der Waals surface area contributed by atoms with Crippen molar-refractivity contribution >= 4 is 5.91 Å². The van der Waals surface area contributed by atoms with Crippen molar-refractivity contribution in [2.45, 2.75) is 64.8 Å². The van der Waals surface area contributed by atoms with Gasteiger partial charge in [-0.25, -0.2) is 0 Å². The highest BCUT2D eigenvalue weighted by Gasteiger charge is 2.36. The minimum atomic E-state index is -0.154. The number of hydrogen-bond acceptors (Lipinski definition) is 5. The first-order chi connectivity index (χ1) is 11.7. The third-order valence-electron chi connectivity index (χ3n) is 4.67. The molecule has 6 heteroatoms. The number of carbonyl (C=O) groups is 1. The maximum absolute atomic E-state index is 12.3. The highest BCUT2D eigenvalue weighted by atomic mass is 16.5. The standard InChI is InChI=1S/C19H27N3O3/c1-12-10-14(12)15-7-6-13(24-15)11-22(5)17(23)9-8-16-20-18(21-25-16)19(2,3)4/h6-7,12,14H,8-11H2,1-5H3/t12-,14+/m0/s1. The van der Waals surface area contributed by atoms with Crippen LogP contribution in [0.5, 0.6) is 0 Å². The number of hydrogen-bond donors (Lipinski definition) is 0. The highest BCUT2D eigenvalue weighted by Crippen LogP contribution is 2.47. The Hall–Kier alpha value is -2.11. The first kappa shape index (κ1) is 17.7. The molecule has 2 aromatic rings. The first-order valence-electron chi connectivity index (χ1n) is 8.89. The Bertz CT molecular complexity index is 741. The molecule has 0 saturated heterocycles. The second kappa shape index (κ2) is 6.65. The molecule has 2 heterocycles. The summed E-state index contributed by atoms with van der Waals surface area (Å²) in [5.74, 6) is 4.36. The Morgan fingerprint density at radius 2 is 2.08 bits per heavy atom. The Morgan fingerprint density at radius 1 is 1.36 bits per heavy atom. The molecule has 1 amide bonds. The molecule has 0 spiro atoms. The van der Waals surface area contributed by atoms with E-state index in [1.54, 1.807) is 11.9 Å². The van der Waals surface area contributed by atoms with Crippen LogP contribution >= 0.6 is 0 Å². The summed E-state index contributed by atoms with van der Waals surface area (Å²) in [6, 6.07) is 4.01. The Labute approximate surface area is 148 Å². The Morgan fingerprint density at radius 3 is 2.68 bits per heavy atom. The lowest BCUT2D eigenvalue weighted by Crippen LogP contribution is -2.26. The van der Waals surface area contributed by atoms with E-state index in [9.17, 15) is 4.79 Å². The number of carbonyl (C=O) groups excluding carboxylic acids is 1.